The molecule has 4 heteroatoms. The first-order valence-corrected chi connectivity index (χ1v) is 15.5. The van der Waals surface area contributed by atoms with E-state index >= 15 is 0 Å². The molecule has 0 atom stereocenters. The van der Waals surface area contributed by atoms with Crippen molar-refractivity contribution in [3.8, 4) is 34.4 Å². The van der Waals surface area contributed by atoms with E-state index in [0.717, 1.165) is 22.8 Å². The molecular weight excluding hydrogens is 338 g/mol. The first-order chi connectivity index (χ1) is 11.6. The van der Waals surface area contributed by atoms with Gasteiger partial charge < -0.3 is 4.74 Å². The number of ether oxygens (including phenoxy) is 1. The third-order valence-electron chi connectivity index (χ3n) is 3.34. The van der Waals surface area contributed by atoms with Gasteiger partial charge in [-0.2, -0.15) is 0 Å². The summed E-state index contributed by atoms with van der Waals surface area (Å²) in [5.41, 5.74) is 9.97. The number of benzene rings is 1. The van der Waals surface area contributed by atoms with Crippen LogP contribution >= 0.6 is 0 Å². The first-order valence-electron chi connectivity index (χ1n) is 8.52. The Labute approximate surface area is 154 Å². The molecule has 0 unspecified atom stereocenters. The van der Waals surface area contributed by atoms with Crippen LogP contribution in [0.2, 0.25) is 39.3 Å². The van der Waals surface area contributed by atoms with E-state index in [2.05, 4.69) is 91.0 Å². The van der Waals surface area contributed by atoms with Crippen LogP contribution in [0.15, 0.2) is 36.4 Å². The second-order valence-corrected chi connectivity index (χ2v) is 17.6. The molecule has 2 aromatic rings. The molecule has 0 bridgehead atoms. The van der Waals surface area contributed by atoms with Crippen molar-refractivity contribution in [3.63, 3.8) is 0 Å². The summed E-state index contributed by atoms with van der Waals surface area (Å²) in [5.74, 6) is 7.62. The van der Waals surface area contributed by atoms with E-state index in [1.165, 1.54) is 0 Å². The van der Waals surface area contributed by atoms with Gasteiger partial charge >= 0.3 is 0 Å². The average Bonchev–Trinajstić information content (AvgIpc) is 2.93. The molecule has 2 rings (SSSR count). The average molecular weight is 366 g/mol. The SMILES string of the molecule is COc1ccc(-n2c(C#C[Si](C)(C)C)ccc2C#C[Si](C)(C)C)cc1. The maximum absolute atomic E-state index is 5.28. The predicted molar refractivity (Wildman–Crippen MR) is 113 cm³/mol. The molecule has 0 amide bonds. The monoisotopic (exact) mass is 365 g/mol. The minimum Gasteiger partial charge on any atom is -0.497 e. The molecule has 0 fully saturated rings. The molecule has 25 heavy (non-hydrogen) atoms. The predicted octanol–water partition coefficient (Wildman–Crippen LogP) is 4.94. The minimum absolute atomic E-state index is 0.848. The van der Waals surface area contributed by atoms with Crippen LogP contribution in [0.3, 0.4) is 0 Å². The maximum atomic E-state index is 5.28. The molecule has 0 spiro atoms. The third-order valence-corrected chi connectivity index (χ3v) is 5.09. The van der Waals surface area contributed by atoms with Gasteiger partial charge in [-0.15, -0.1) is 11.1 Å². The number of nitrogens with zero attached hydrogens (tertiary/aromatic N) is 1. The Morgan fingerprint density at radius 3 is 1.52 bits per heavy atom. The van der Waals surface area contributed by atoms with E-state index in [-0.39, 0.29) is 0 Å². The zero-order valence-electron chi connectivity index (χ0n) is 16.3. The van der Waals surface area contributed by atoms with Gasteiger partial charge in [0, 0.05) is 5.69 Å². The van der Waals surface area contributed by atoms with Gasteiger partial charge in [-0.1, -0.05) is 51.1 Å². The van der Waals surface area contributed by atoms with Gasteiger partial charge in [-0.3, -0.25) is 4.57 Å². The molecule has 0 radical (unpaired) electrons. The van der Waals surface area contributed by atoms with Crippen LogP contribution in [-0.2, 0) is 0 Å². The molecule has 0 aliphatic carbocycles. The zero-order valence-corrected chi connectivity index (χ0v) is 18.3. The molecule has 1 aromatic heterocycles. The highest BCUT2D eigenvalue weighted by molar-refractivity contribution is 6.84. The normalized spacial score (nSPS) is 11.2. The fourth-order valence-electron chi connectivity index (χ4n) is 2.14. The van der Waals surface area contributed by atoms with E-state index in [0.29, 0.717) is 0 Å². The van der Waals surface area contributed by atoms with Crippen molar-refractivity contribution in [2.24, 2.45) is 0 Å². The molecule has 130 valence electrons. The van der Waals surface area contributed by atoms with E-state index in [1.54, 1.807) is 7.11 Å². The minimum atomic E-state index is -1.44. The number of aromatic nitrogens is 1. The molecular formula is C21H27NOSi2. The molecule has 0 aliphatic rings. The van der Waals surface area contributed by atoms with Gasteiger partial charge in [0.1, 0.15) is 21.9 Å². The number of hydrogen-bond acceptors (Lipinski definition) is 1. The van der Waals surface area contributed by atoms with Crippen molar-refractivity contribution in [1.82, 2.24) is 4.57 Å². The Bertz CT molecular complexity index is 808. The summed E-state index contributed by atoms with van der Waals surface area (Å²) in [7, 11) is -1.20. The second-order valence-electron chi connectivity index (χ2n) is 8.14. The summed E-state index contributed by atoms with van der Waals surface area (Å²) < 4.78 is 7.43. The van der Waals surface area contributed by atoms with Crippen LogP contribution in [0.1, 0.15) is 11.4 Å². The molecule has 0 saturated carbocycles. The van der Waals surface area contributed by atoms with Gasteiger partial charge in [0.15, 0.2) is 0 Å². The summed E-state index contributed by atoms with van der Waals surface area (Å²) in [6.45, 7) is 13.5. The lowest BCUT2D eigenvalue weighted by molar-refractivity contribution is 0.414. The smallest absolute Gasteiger partial charge is 0.129 e. The largest absolute Gasteiger partial charge is 0.497 e. The van der Waals surface area contributed by atoms with Crippen LogP contribution in [-0.4, -0.2) is 27.8 Å². The summed E-state index contributed by atoms with van der Waals surface area (Å²) >= 11 is 0. The van der Waals surface area contributed by atoms with Gasteiger partial charge in [0.05, 0.1) is 18.5 Å². The zero-order chi connectivity index (χ0) is 18.7. The summed E-state index contributed by atoms with van der Waals surface area (Å²) in [6.07, 6.45) is 0. The van der Waals surface area contributed by atoms with Gasteiger partial charge in [-0.25, -0.2) is 0 Å². The molecule has 1 heterocycles. The Hall–Kier alpha value is -2.15. The Morgan fingerprint density at radius 2 is 1.16 bits per heavy atom. The van der Waals surface area contributed by atoms with E-state index < -0.39 is 16.1 Å². The van der Waals surface area contributed by atoms with Crippen LogP contribution in [0.4, 0.5) is 0 Å². The van der Waals surface area contributed by atoms with Crippen molar-refractivity contribution in [3.05, 3.63) is 47.8 Å². The molecule has 0 N–H and O–H groups in total. The Kier molecular flexibility index (Phi) is 5.67. The van der Waals surface area contributed by atoms with Crippen LogP contribution in [0, 0.1) is 22.9 Å². The topological polar surface area (TPSA) is 14.2 Å². The summed E-state index contributed by atoms with van der Waals surface area (Å²) in [5, 5.41) is 0. The van der Waals surface area contributed by atoms with Crippen molar-refractivity contribution >= 4 is 16.1 Å². The van der Waals surface area contributed by atoms with Crippen LogP contribution in [0.25, 0.3) is 5.69 Å². The lowest BCUT2D eigenvalue weighted by Gasteiger charge is -2.10. The molecule has 0 aliphatic heterocycles. The van der Waals surface area contributed by atoms with Crippen molar-refractivity contribution in [1.29, 1.82) is 0 Å². The van der Waals surface area contributed by atoms with E-state index in [9.17, 15) is 0 Å². The highest BCUT2D eigenvalue weighted by Gasteiger charge is 2.12. The maximum Gasteiger partial charge on any atom is 0.129 e. The number of rotatable bonds is 2. The van der Waals surface area contributed by atoms with Gasteiger partial charge in [0.2, 0.25) is 0 Å². The van der Waals surface area contributed by atoms with E-state index in [1.807, 2.05) is 12.1 Å². The molecule has 0 saturated heterocycles. The van der Waals surface area contributed by atoms with Gasteiger partial charge in [0.25, 0.3) is 0 Å². The molecule has 2 nitrogen and oxygen atoms in total. The highest BCUT2D eigenvalue weighted by Crippen LogP contribution is 2.20. The van der Waals surface area contributed by atoms with Crippen molar-refractivity contribution in [2.45, 2.75) is 39.3 Å². The number of methoxy groups -OCH3 is 1. The fourth-order valence-corrected chi connectivity index (χ4v) is 3.15. The second kappa shape index (κ2) is 7.39. The van der Waals surface area contributed by atoms with Gasteiger partial charge in [-0.05, 0) is 36.4 Å². The van der Waals surface area contributed by atoms with E-state index in [4.69, 9.17) is 4.74 Å². The standard InChI is InChI=1S/C21H27NOSi2/c1-23-21-12-10-18(11-13-21)22-19(14-16-24(2,3)4)8-9-20(22)15-17-25(5,6)7/h8-13H,1-7H3. The quantitative estimate of drug-likeness (QED) is 0.543. The molecule has 1 aromatic carbocycles. The van der Waals surface area contributed by atoms with Crippen molar-refractivity contribution < 1.29 is 4.74 Å². The lowest BCUT2D eigenvalue weighted by atomic mass is 10.3. The Balaban J connectivity index is 2.59. The fraction of sp³-hybridized carbons (Fsp3) is 0.333. The van der Waals surface area contributed by atoms with Crippen molar-refractivity contribution in [2.75, 3.05) is 7.11 Å². The lowest BCUT2D eigenvalue weighted by Crippen LogP contribution is -2.17. The summed E-state index contributed by atoms with van der Waals surface area (Å²) in [4.78, 5) is 0. The van der Waals surface area contributed by atoms with Crippen LogP contribution in [0.5, 0.6) is 5.75 Å². The number of hydrogen-bond donors (Lipinski definition) is 0. The third kappa shape index (κ3) is 5.71. The first kappa shape index (κ1) is 19.2. The Morgan fingerprint density at radius 1 is 0.720 bits per heavy atom. The van der Waals surface area contributed by atoms with Crippen LogP contribution < -0.4 is 4.74 Å². The highest BCUT2D eigenvalue weighted by atomic mass is 28.3. The summed E-state index contributed by atoms with van der Waals surface area (Å²) in [6, 6.07) is 12.2.